The van der Waals surface area contributed by atoms with E-state index in [1.54, 1.807) is 44.2 Å². The summed E-state index contributed by atoms with van der Waals surface area (Å²) < 4.78 is 28.5. The van der Waals surface area contributed by atoms with Crippen LogP contribution in [0, 0.1) is 13.8 Å². The fourth-order valence-electron chi connectivity index (χ4n) is 3.77. The highest BCUT2D eigenvalue weighted by atomic mass is 35.5. The molecule has 7 nitrogen and oxygen atoms in total. The van der Waals surface area contributed by atoms with Crippen molar-refractivity contribution in [3.63, 3.8) is 0 Å². The van der Waals surface area contributed by atoms with Gasteiger partial charge in [-0.05, 0) is 56.2 Å². The van der Waals surface area contributed by atoms with E-state index >= 15 is 0 Å². The lowest BCUT2D eigenvalue weighted by Crippen LogP contribution is -2.50. The third-order valence-electron chi connectivity index (χ3n) is 5.94. The van der Waals surface area contributed by atoms with E-state index in [1.807, 2.05) is 31.2 Å². The van der Waals surface area contributed by atoms with Crippen LogP contribution in [0.4, 0.5) is 5.69 Å². The van der Waals surface area contributed by atoms with Gasteiger partial charge in [0.15, 0.2) is 0 Å². The highest BCUT2D eigenvalue weighted by Crippen LogP contribution is 2.30. The highest BCUT2D eigenvalue weighted by Gasteiger charge is 2.33. The van der Waals surface area contributed by atoms with Gasteiger partial charge in [-0.25, -0.2) is 8.42 Å². The molecule has 0 radical (unpaired) electrons. The van der Waals surface area contributed by atoms with Crippen molar-refractivity contribution < 1.29 is 18.0 Å². The van der Waals surface area contributed by atoms with Gasteiger partial charge in [-0.1, -0.05) is 65.7 Å². The standard InChI is InChI=1S/C27H30ClN3O4S/c1-19-10-13-22(14-11-19)17-30(21(3)27(33)29-4)26(32)18-31(25-16-23(28)15-12-20(25)2)36(34,35)24-8-6-5-7-9-24/h5-16,21H,17-18H2,1-4H3,(H,29,33)/t21-/m0/s1. The number of likely N-dealkylation sites (N-methyl/N-ethyl adjacent to an activating group) is 1. The van der Waals surface area contributed by atoms with E-state index in [0.717, 1.165) is 15.4 Å². The molecule has 3 aromatic rings. The van der Waals surface area contributed by atoms with Crippen LogP contribution in [0.15, 0.2) is 77.7 Å². The predicted molar refractivity (Wildman–Crippen MR) is 142 cm³/mol. The van der Waals surface area contributed by atoms with Crippen molar-refractivity contribution in [1.82, 2.24) is 10.2 Å². The molecule has 1 N–H and O–H groups in total. The number of aryl methyl sites for hydroxylation is 2. The topological polar surface area (TPSA) is 86.8 Å². The van der Waals surface area contributed by atoms with Crippen molar-refractivity contribution in [2.45, 2.75) is 38.3 Å². The van der Waals surface area contributed by atoms with Gasteiger partial charge in [-0.15, -0.1) is 0 Å². The molecule has 0 bridgehead atoms. The molecule has 0 aromatic heterocycles. The predicted octanol–water partition coefficient (Wildman–Crippen LogP) is 4.32. The van der Waals surface area contributed by atoms with Crippen LogP contribution in [-0.2, 0) is 26.2 Å². The van der Waals surface area contributed by atoms with Crippen molar-refractivity contribution in [1.29, 1.82) is 0 Å². The first kappa shape index (κ1) is 27.2. The van der Waals surface area contributed by atoms with Crippen molar-refractivity contribution >= 4 is 39.1 Å². The Labute approximate surface area is 217 Å². The summed E-state index contributed by atoms with van der Waals surface area (Å²) in [5, 5.41) is 2.91. The second kappa shape index (κ2) is 11.6. The molecular formula is C27H30ClN3O4S. The Balaban J connectivity index is 2.06. The van der Waals surface area contributed by atoms with Crippen LogP contribution >= 0.6 is 11.6 Å². The number of benzene rings is 3. The molecule has 2 amide bonds. The fourth-order valence-corrected chi connectivity index (χ4v) is 5.42. The van der Waals surface area contributed by atoms with Crippen LogP contribution in [0.3, 0.4) is 0 Å². The lowest BCUT2D eigenvalue weighted by atomic mass is 10.1. The minimum Gasteiger partial charge on any atom is -0.357 e. The minimum atomic E-state index is -4.13. The molecule has 0 spiro atoms. The second-order valence-corrected chi connectivity index (χ2v) is 10.9. The summed E-state index contributed by atoms with van der Waals surface area (Å²) in [6, 6.07) is 19.6. The van der Waals surface area contributed by atoms with Crippen LogP contribution < -0.4 is 9.62 Å². The van der Waals surface area contributed by atoms with Crippen LogP contribution in [0.5, 0.6) is 0 Å². The van der Waals surface area contributed by atoms with E-state index in [9.17, 15) is 18.0 Å². The van der Waals surface area contributed by atoms with E-state index < -0.39 is 28.5 Å². The van der Waals surface area contributed by atoms with E-state index in [4.69, 9.17) is 11.6 Å². The number of nitrogens with one attached hydrogen (secondary N) is 1. The largest absolute Gasteiger partial charge is 0.357 e. The molecule has 0 heterocycles. The van der Waals surface area contributed by atoms with Gasteiger partial charge < -0.3 is 10.2 Å². The summed E-state index contributed by atoms with van der Waals surface area (Å²) in [4.78, 5) is 27.7. The van der Waals surface area contributed by atoms with Gasteiger partial charge in [-0.3, -0.25) is 13.9 Å². The Morgan fingerprint density at radius 1 is 0.972 bits per heavy atom. The zero-order valence-electron chi connectivity index (χ0n) is 20.7. The Bertz CT molecular complexity index is 1330. The molecule has 190 valence electrons. The molecular weight excluding hydrogens is 498 g/mol. The molecule has 3 rings (SSSR count). The summed E-state index contributed by atoms with van der Waals surface area (Å²) in [7, 11) is -2.63. The van der Waals surface area contributed by atoms with Gasteiger partial charge >= 0.3 is 0 Å². The van der Waals surface area contributed by atoms with Gasteiger partial charge in [0.05, 0.1) is 10.6 Å². The average molecular weight is 528 g/mol. The van der Waals surface area contributed by atoms with Crippen LogP contribution in [0.25, 0.3) is 0 Å². The van der Waals surface area contributed by atoms with Crippen LogP contribution in [0.1, 0.15) is 23.6 Å². The monoisotopic (exact) mass is 527 g/mol. The second-order valence-electron chi connectivity index (χ2n) is 8.55. The highest BCUT2D eigenvalue weighted by molar-refractivity contribution is 7.92. The zero-order valence-corrected chi connectivity index (χ0v) is 22.3. The number of halogens is 1. The number of hydrogen-bond acceptors (Lipinski definition) is 4. The van der Waals surface area contributed by atoms with Crippen molar-refractivity contribution in [2.75, 3.05) is 17.9 Å². The first-order valence-corrected chi connectivity index (χ1v) is 13.3. The summed E-state index contributed by atoms with van der Waals surface area (Å²) >= 11 is 6.22. The molecule has 0 unspecified atom stereocenters. The van der Waals surface area contributed by atoms with Crippen molar-refractivity contribution in [2.24, 2.45) is 0 Å². The van der Waals surface area contributed by atoms with E-state index in [2.05, 4.69) is 5.32 Å². The van der Waals surface area contributed by atoms with Gasteiger partial charge in [0.2, 0.25) is 11.8 Å². The number of hydrogen-bond donors (Lipinski definition) is 1. The lowest BCUT2D eigenvalue weighted by molar-refractivity contribution is -0.139. The number of sulfonamides is 1. The molecule has 3 aromatic carbocycles. The maximum absolute atomic E-state index is 13.7. The number of amides is 2. The summed E-state index contributed by atoms with van der Waals surface area (Å²) in [5.74, 6) is -0.877. The smallest absolute Gasteiger partial charge is 0.264 e. The molecule has 9 heteroatoms. The molecule has 0 aliphatic carbocycles. The molecule has 1 atom stereocenters. The Morgan fingerprint density at radius 3 is 2.22 bits per heavy atom. The Kier molecular flexibility index (Phi) is 8.76. The summed E-state index contributed by atoms with van der Waals surface area (Å²) in [6.07, 6.45) is 0. The van der Waals surface area contributed by atoms with Gasteiger partial charge in [-0.2, -0.15) is 0 Å². The molecule has 36 heavy (non-hydrogen) atoms. The number of nitrogens with zero attached hydrogens (tertiary/aromatic N) is 2. The maximum Gasteiger partial charge on any atom is 0.264 e. The Morgan fingerprint density at radius 2 is 1.61 bits per heavy atom. The summed E-state index contributed by atoms with van der Waals surface area (Å²) in [5.41, 5.74) is 2.81. The quantitative estimate of drug-likeness (QED) is 0.449. The first-order valence-electron chi connectivity index (χ1n) is 11.4. The maximum atomic E-state index is 13.7. The van der Waals surface area contributed by atoms with Crippen LogP contribution in [-0.4, -0.2) is 44.8 Å². The van der Waals surface area contributed by atoms with Gasteiger partial charge in [0, 0.05) is 18.6 Å². The van der Waals surface area contributed by atoms with E-state index in [-0.39, 0.29) is 17.3 Å². The van der Waals surface area contributed by atoms with Gasteiger partial charge in [0.1, 0.15) is 12.6 Å². The fraction of sp³-hybridized carbons (Fsp3) is 0.259. The third kappa shape index (κ3) is 6.25. The molecule has 0 fully saturated rings. The number of carbonyl (C=O) groups excluding carboxylic acids is 2. The SMILES string of the molecule is CNC(=O)[C@H](C)N(Cc1ccc(C)cc1)C(=O)CN(c1cc(Cl)ccc1C)S(=O)(=O)c1ccccc1. The molecule has 0 saturated carbocycles. The van der Waals surface area contributed by atoms with Crippen molar-refractivity contribution in [3.05, 3.63) is 94.5 Å². The van der Waals surface area contributed by atoms with Gasteiger partial charge in [0.25, 0.3) is 10.0 Å². The van der Waals surface area contributed by atoms with Crippen LogP contribution in [0.2, 0.25) is 5.02 Å². The Hall–Kier alpha value is -3.36. The molecule has 0 saturated heterocycles. The zero-order chi connectivity index (χ0) is 26.5. The number of anilines is 1. The van der Waals surface area contributed by atoms with Crippen molar-refractivity contribution in [3.8, 4) is 0 Å². The first-order chi connectivity index (χ1) is 17.0. The lowest BCUT2D eigenvalue weighted by Gasteiger charge is -2.32. The van der Waals surface area contributed by atoms with E-state index in [1.165, 1.54) is 30.1 Å². The van der Waals surface area contributed by atoms with E-state index in [0.29, 0.717) is 16.3 Å². The molecule has 0 aliphatic heterocycles. The molecule has 0 aliphatic rings. The summed E-state index contributed by atoms with van der Waals surface area (Å²) in [6.45, 7) is 4.96. The number of rotatable bonds is 9. The minimum absolute atomic E-state index is 0.0432. The third-order valence-corrected chi connectivity index (χ3v) is 7.95. The average Bonchev–Trinajstić information content (AvgIpc) is 2.87. The number of carbonyl (C=O) groups is 2. The normalized spacial score (nSPS) is 12.0.